The highest BCUT2D eigenvalue weighted by atomic mass is 16.5. The molecule has 1 N–H and O–H groups in total. The molecule has 1 heterocycles. The van der Waals surface area contributed by atoms with Gasteiger partial charge in [-0.1, -0.05) is 31.2 Å². The van der Waals surface area contributed by atoms with Crippen molar-refractivity contribution in [3.8, 4) is 0 Å². The highest BCUT2D eigenvalue weighted by Crippen LogP contribution is 2.19. The number of aryl methyl sites for hydroxylation is 1. The fraction of sp³-hybridized carbons (Fsp3) is 0.600. The Kier molecular flexibility index (Phi) is 4.57. The molecule has 0 amide bonds. The van der Waals surface area contributed by atoms with Gasteiger partial charge in [0.15, 0.2) is 0 Å². The molecule has 0 aliphatic carbocycles. The molecular weight excluding hydrogens is 210 g/mol. The quantitative estimate of drug-likeness (QED) is 0.844. The van der Waals surface area contributed by atoms with Crippen LogP contribution >= 0.6 is 0 Å². The van der Waals surface area contributed by atoms with Crippen LogP contribution in [-0.2, 0) is 17.7 Å². The van der Waals surface area contributed by atoms with E-state index in [1.54, 1.807) is 0 Å². The number of rotatable bonds is 5. The molecule has 0 saturated carbocycles. The molecule has 0 spiro atoms. The van der Waals surface area contributed by atoms with Crippen molar-refractivity contribution in [1.29, 1.82) is 0 Å². The highest BCUT2D eigenvalue weighted by molar-refractivity contribution is 5.22. The first-order valence-corrected chi connectivity index (χ1v) is 6.69. The summed E-state index contributed by atoms with van der Waals surface area (Å²) in [5, 5.41) is 3.53. The van der Waals surface area contributed by atoms with Crippen LogP contribution in [0.4, 0.5) is 0 Å². The largest absolute Gasteiger partial charge is 0.378 e. The molecular formula is C15H23NO. The standard InChI is InChI=1S/C15H23NO/c1-3-13-4-6-14(7-5-13)10-16-11-15-8-9-17-12(15)2/h4-7,12,15-16H,3,8-11H2,1-2H3. The molecule has 2 atom stereocenters. The molecule has 0 aromatic heterocycles. The van der Waals surface area contributed by atoms with E-state index in [4.69, 9.17) is 4.74 Å². The Balaban J connectivity index is 1.73. The van der Waals surface area contributed by atoms with Gasteiger partial charge in [-0.05, 0) is 36.8 Å². The second-order valence-corrected chi connectivity index (χ2v) is 4.93. The summed E-state index contributed by atoms with van der Waals surface area (Å²) >= 11 is 0. The van der Waals surface area contributed by atoms with Gasteiger partial charge in [-0.2, -0.15) is 0 Å². The van der Waals surface area contributed by atoms with Gasteiger partial charge in [0, 0.05) is 19.7 Å². The van der Waals surface area contributed by atoms with E-state index in [-0.39, 0.29) is 0 Å². The maximum Gasteiger partial charge on any atom is 0.0588 e. The lowest BCUT2D eigenvalue weighted by molar-refractivity contribution is 0.105. The highest BCUT2D eigenvalue weighted by Gasteiger charge is 2.23. The summed E-state index contributed by atoms with van der Waals surface area (Å²) in [6.07, 6.45) is 2.73. The number of hydrogen-bond acceptors (Lipinski definition) is 2. The van der Waals surface area contributed by atoms with Crippen molar-refractivity contribution >= 4 is 0 Å². The molecule has 0 bridgehead atoms. The zero-order chi connectivity index (χ0) is 12.1. The van der Waals surface area contributed by atoms with Gasteiger partial charge >= 0.3 is 0 Å². The van der Waals surface area contributed by atoms with Gasteiger partial charge in [0.05, 0.1) is 6.10 Å². The number of ether oxygens (including phenoxy) is 1. The first kappa shape index (κ1) is 12.6. The molecule has 0 radical (unpaired) electrons. The predicted octanol–water partition coefficient (Wildman–Crippen LogP) is 2.76. The molecule has 1 aromatic carbocycles. The monoisotopic (exact) mass is 233 g/mol. The normalized spacial score (nSPS) is 24.1. The molecule has 2 rings (SSSR count). The summed E-state index contributed by atoms with van der Waals surface area (Å²) in [5.74, 6) is 0.685. The van der Waals surface area contributed by atoms with Gasteiger partial charge in [-0.15, -0.1) is 0 Å². The fourth-order valence-electron chi connectivity index (χ4n) is 2.34. The third-order valence-corrected chi connectivity index (χ3v) is 3.70. The van der Waals surface area contributed by atoms with Crippen molar-refractivity contribution < 1.29 is 4.74 Å². The van der Waals surface area contributed by atoms with Crippen LogP contribution in [0.1, 0.15) is 31.4 Å². The van der Waals surface area contributed by atoms with Crippen LogP contribution in [0.2, 0.25) is 0 Å². The first-order chi connectivity index (χ1) is 8.29. The Hall–Kier alpha value is -0.860. The molecule has 2 heteroatoms. The Labute approximate surface area is 104 Å². The van der Waals surface area contributed by atoms with Crippen LogP contribution in [0.5, 0.6) is 0 Å². The van der Waals surface area contributed by atoms with Crippen molar-refractivity contribution in [3.05, 3.63) is 35.4 Å². The molecule has 1 aromatic rings. The maximum atomic E-state index is 5.56. The van der Waals surface area contributed by atoms with Gasteiger partial charge in [0.25, 0.3) is 0 Å². The van der Waals surface area contributed by atoms with Crippen molar-refractivity contribution in [3.63, 3.8) is 0 Å². The average molecular weight is 233 g/mol. The minimum Gasteiger partial charge on any atom is -0.378 e. The van der Waals surface area contributed by atoms with E-state index in [9.17, 15) is 0 Å². The third kappa shape index (κ3) is 3.55. The van der Waals surface area contributed by atoms with Gasteiger partial charge < -0.3 is 10.1 Å². The van der Waals surface area contributed by atoms with Crippen LogP contribution in [0.3, 0.4) is 0 Å². The van der Waals surface area contributed by atoms with E-state index in [2.05, 4.69) is 43.4 Å². The number of nitrogens with one attached hydrogen (secondary N) is 1. The lowest BCUT2D eigenvalue weighted by atomic mass is 10.0. The summed E-state index contributed by atoms with van der Waals surface area (Å²) < 4.78 is 5.56. The van der Waals surface area contributed by atoms with Crippen LogP contribution in [-0.4, -0.2) is 19.3 Å². The zero-order valence-corrected chi connectivity index (χ0v) is 10.9. The molecule has 17 heavy (non-hydrogen) atoms. The smallest absolute Gasteiger partial charge is 0.0588 e. The first-order valence-electron chi connectivity index (χ1n) is 6.69. The van der Waals surface area contributed by atoms with Crippen LogP contribution < -0.4 is 5.32 Å². The lowest BCUT2D eigenvalue weighted by Crippen LogP contribution is -2.26. The Bertz CT molecular complexity index is 333. The average Bonchev–Trinajstić information content (AvgIpc) is 2.76. The van der Waals surface area contributed by atoms with Crippen LogP contribution in [0.15, 0.2) is 24.3 Å². The SMILES string of the molecule is CCc1ccc(CNCC2CCOC2C)cc1. The minimum absolute atomic E-state index is 0.421. The summed E-state index contributed by atoms with van der Waals surface area (Å²) in [6.45, 7) is 7.33. The molecule has 1 aliphatic heterocycles. The van der Waals surface area contributed by atoms with Gasteiger partial charge in [0.2, 0.25) is 0 Å². The third-order valence-electron chi connectivity index (χ3n) is 3.70. The zero-order valence-electron chi connectivity index (χ0n) is 10.9. The van der Waals surface area contributed by atoms with Crippen molar-refractivity contribution in [2.45, 2.75) is 39.3 Å². The molecule has 2 unspecified atom stereocenters. The van der Waals surface area contributed by atoms with E-state index >= 15 is 0 Å². The van der Waals surface area contributed by atoms with E-state index in [1.807, 2.05) is 0 Å². The predicted molar refractivity (Wildman–Crippen MR) is 71.0 cm³/mol. The van der Waals surface area contributed by atoms with E-state index < -0.39 is 0 Å². The number of benzene rings is 1. The summed E-state index contributed by atoms with van der Waals surface area (Å²) in [7, 11) is 0. The molecule has 94 valence electrons. The Morgan fingerprint density at radius 1 is 1.24 bits per heavy atom. The van der Waals surface area contributed by atoms with E-state index in [0.29, 0.717) is 12.0 Å². The van der Waals surface area contributed by atoms with Crippen LogP contribution in [0.25, 0.3) is 0 Å². The summed E-state index contributed by atoms with van der Waals surface area (Å²) in [5.41, 5.74) is 2.78. The minimum atomic E-state index is 0.421. The number of hydrogen-bond donors (Lipinski definition) is 1. The van der Waals surface area contributed by atoms with Crippen molar-refractivity contribution in [2.75, 3.05) is 13.2 Å². The summed E-state index contributed by atoms with van der Waals surface area (Å²) in [6, 6.07) is 8.89. The molecule has 1 aliphatic rings. The Morgan fingerprint density at radius 3 is 2.53 bits per heavy atom. The second-order valence-electron chi connectivity index (χ2n) is 4.93. The Morgan fingerprint density at radius 2 is 1.94 bits per heavy atom. The maximum absolute atomic E-state index is 5.56. The van der Waals surface area contributed by atoms with E-state index in [1.165, 1.54) is 17.5 Å². The van der Waals surface area contributed by atoms with Gasteiger partial charge in [-0.3, -0.25) is 0 Å². The molecule has 2 nitrogen and oxygen atoms in total. The molecule has 1 fully saturated rings. The molecule has 1 saturated heterocycles. The summed E-state index contributed by atoms with van der Waals surface area (Å²) in [4.78, 5) is 0. The lowest BCUT2D eigenvalue weighted by Gasteiger charge is -2.14. The second kappa shape index (κ2) is 6.18. The van der Waals surface area contributed by atoms with E-state index in [0.717, 1.165) is 26.1 Å². The van der Waals surface area contributed by atoms with Crippen molar-refractivity contribution in [1.82, 2.24) is 5.32 Å². The fourth-order valence-corrected chi connectivity index (χ4v) is 2.34. The van der Waals surface area contributed by atoms with Crippen LogP contribution in [0, 0.1) is 5.92 Å². The topological polar surface area (TPSA) is 21.3 Å². The van der Waals surface area contributed by atoms with Gasteiger partial charge in [0.1, 0.15) is 0 Å². The van der Waals surface area contributed by atoms with Gasteiger partial charge in [-0.25, -0.2) is 0 Å². The van der Waals surface area contributed by atoms with Crippen molar-refractivity contribution in [2.24, 2.45) is 5.92 Å².